The molecule has 0 bridgehead atoms. The first-order chi connectivity index (χ1) is 9.71. The fraction of sp³-hybridized carbons (Fsp3) is 0.667. The zero-order valence-electron chi connectivity index (χ0n) is 12.3. The molecule has 2 atom stereocenters. The van der Waals surface area contributed by atoms with Crippen molar-refractivity contribution in [3.63, 3.8) is 0 Å². The fourth-order valence-electron chi connectivity index (χ4n) is 3.08. The molecule has 5 heteroatoms. The number of hydrogen-bond donors (Lipinski definition) is 1. The van der Waals surface area contributed by atoms with Gasteiger partial charge in [0.05, 0.1) is 12.0 Å². The van der Waals surface area contributed by atoms with E-state index in [0.29, 0.717) is 18.5 Å². The van der Waals surface area contributed by atoms with Crippen LogP contribution in [-0.4, -0.2) is 37.0 Å². The summed E-state index contributed by atoms with van der Waals surface area (Å²) in [6, 6.07) is 2.12. The molecular formula is C15H24N2O2S. The summed E-state index contributed by atoms with van der Waals surface area (Å²) in [7, 11) is 1.62. The van der Waals surface area contributed by atoms with Crippen LogP contribution in [-0.2, 0) is 0 Å². The van der Waals surface area contributed by atoms with Gasteiger partial charge in [0.15, 0.2) is 0 Å². The molecule has 2 N–H and O–H groups in total. The van der Waals surface area contributed by atoms with Gasteiger partial charge in [0.25, 0.3) is 5.91 Å². The van der Waals surface area contributed by atoms with Crippen molar-refractivity contribution in [3.05, 3.63) is 16.3 Å². The Morgan fingerprint density at radius 2 is 2.25 bits per heavy atom. The van der Waals surface area contributed by atoms with Gasteiger partial charge in [0, 0.05) is 24.0 Å². The number of hydrogen-bond acceptors (Lipinski definition) is 4. The molecule has 0 aromatic carbocycles. The molecule has 1 aromatic rings. The summed E-state index contributed by atoms with van der Waals surface area (Å²) in [5.41, 5.74) is 5.90. The first-order valence-electron chi connectivity index (χ1n) is 7.34. The Bertz CT molecular complexity index is 447. The highest BCUT2D eigenvalue weighted by molar-refractivity contribution is 7.12. The standard InChI is InChI=1S/C15H24N2O2S/c1-3-17(13-7-5-4-6-11(13)9-16)15(18)14-8-12(19-2)10-20-14/h8,10-11,13H,3-7,9,16H2,1-2H3. The van der Waals surface area contributed by atoms with Gasteiger partial charge >= 0.3 is 0 Å². The Labute approximate surface area is 124 Å². The third-order valence-corrected chi connectivity index (χ3v) is 5.09. The number of rotatable bonds is 5. The van der Waals surface area contributed by atoms with Gasteiger partial charge in [-0.1, -0.05) is 12.8 Å². The SMILES string of the molecule is CCN(C(=O)c1cc(OC)cs1)C1CCCCC1CN. The average Bonchev–Trinajstić information content (AvgIpc) is 2.97. The number of carbonyl (C=O) groups excluding carboxylic acids is 1. The lowest BCUT2D eigenvalue weighted by molar-refractivity contribution is 0.0565. The molecule has 1 aromatic heterocycles. The number of nitrogens with zero attached hydrogens (tertiary/aromatic N) is 1. The normalized spacial score (nSPS) is 22.6. The maximum Gasteiger partial charge on any atom is 0.264 e. The van der Waals surface area contributed by atoms with Crippen molar-refractivity contribution in [3.8, 4) is 5.75 Å². The Morgan fingerprint density at radius 3 is 2.85 bits per heavy atom. The van der Waals surface area contributed by atoms with Crippen LogP contribution in [0.25, 0.3) is 0 Å². The predicted molar refractivity (Wildman–Crippen MR) is 82.4 cm³/mol. The minimum absolute atomic E-state index is 0.117. The number of carbonyl (C=O) groups is 1. The van der Waals surface area contributed by atoms with Crippen LogP contribution in [0.2, 0.25) is 0 Å². The highest BCUT2D eigenvalue weighted by Gasteiger charge is 2.32. The van der Waals surface area contributed by atoms with E-state index in [1.165, 1.54) is 24.2 Å². The van der Waals surface area contributed by atoms with Crippen LogP contribution >= 0.6 is 11.3 Å². The summed E-state index contributed by atoms with van der Waals surface area (Å²) in [6.45, 7) is 3.45. The fourth-order valence-corrected chi connectivity index (χ4v) is 3.89. The lowest BCUT2D eigenvalue weighted by atomic mass is 9.83. The molecule has 112 valence electrons. The molecule has 0 aliphatic heterocycles. The molecule has 20 heavy (non-hydrogen) atoms. The summed E-state index contributed by atoms with van der Waals surface area (Å²) in [5, 5.41) is 1.88. The smallest absolute Gasteiger partial charge is 0.264 e. The Morgan fingerprint density at radius 1 is 1.50 bits per heavy atom. The zero-order chi connectivity index (χ0) is 14.5. The average molecular weight is 296 g/mol. The van der Waals surface area contributed by atoms with E-state index in [2.05, 4.69) is 0 Å². The van der Waals surface area contributed by atoms with Gasteiger partial charge in [-0.2, -0.15) is 0 Å². The number of methoxy groups -OCH3 is 1. The molecule has 0 saturated heterocycles. The molecule has 1 amide bonds. The van der Waals surface area contributed by atoms with Crippen LogP contribution in [0, 0.1) is 5.92 Å². The van der Waals surface area contributed by atoms with E-state index in [0.717, 1.165) is 30.0 Å². The van der Waals surface area contributed by atoms with E-state index in [9.17, 15) is 4.79 Å². The van der Waals surface area contributed by atoms with E-state index >= 15 is 0 Å². The summed E-state index contributed by atoms with van der Waals surface area (Å²) < 4.78 is 5.17. The van der Waals surface area contributed by atoms with Gasteiger partial charge < -0.3 is 15.4 Å². The minimum atomic E-state index is 0.117. The number of nitrogens with two attached hydrogens (primary N) is 1. The summed E-state index contributed by atoms with van der Waals surface area (Å²) in [5.74, 6) is 1.31. The number of thiophene rings is 1. The first-order valence-corrected chi connectivity index (χ1v) is 8.22. The largest absolute Gasteiger partial charge is 0.496 e. The van der Waals surface area contributed by atoms with Crippen molar-refractivity contribution in [2.75, 3.05) is 20.2 Å². The van der Waals surface area contributed by atoms with Gasteiger partial charge in [-0.3, -0.25) is 4.79 Å². The van der Waals surface area contributed by atoms with E-state index < -0.39 is 0 Å². The molecule has 0 radical (unpaired) electrons. The molecular weight excluding hydrogens is 272 g/mol. The van der Waals surface area contributed by atoms with E-state index in [1.54, 1.807) is 7.11 Å². The van der Waals surface area contributed by atoms with Gasteiger partial charge in [-0.25, -0.2) is 0 Å². The van der Waals surface area contributed by atoms with E-state index in [-0.39, 0.29) is 5.91 Å². The van der Waals surface area contributed by atoms with Crippen molar-refractivity contribution in [1.29, 1.82) is 0 Å². The maximum absolute atomic E-state index is 12.7. The maximum atomic E-state index is 12.7. The van der Waals surface area contributed by atoms with E-state index in [1.807, 2.05) is 23.3 Å². The third-order valence-electron chi connectivity index (χ3n) is 4.20. The highest BCUT2D eigenvalue weighted by atomic mass is 32.1. The molecule has 2 rings (SSSR count). The zero-order valence-corrected chi connectivity index (χ0v) is 13.1. The van der Waals surface area contributed by atoms with Crippen molar-refractivity contribution in [2.45, 2.75) is 38.6 Å². The lowest BCUT2D eigenvalue weighted by Crippen LogP contribution is -2.47. The molecule has 1 aliphatic rings. The number of amides is 1. The second kappa shape index (κ2) is 7.09. The lowest BCUT2D eigenvalue weighted by Gasteiger charge is -2.39. The van der Waals surface area contributed by atoms with Crippen molar-refractivity contribution < 1.29 is 9.53 Å². The second-order valence-electron chi connectivity index (χ2n) is 5.29. The van der Waals surface area contributed by atoms with Crippen LogP contribution in [0.1, 0.15) is 42.3 Å². The van der Waals surface area contributed by atoms with Crippen LogP contribution in [0.4, 0.5) is 0 Å². The summed E-state index contributed by atoms with van der Waals surface area (Å²) in [4.78, 5) is 15.5. The minimum Gasteiger partial charge on any atom is -0.496 e. The molecule has 1 aliphatic carbocycles. The summed E-state index contributed by atoms with van der Waals surface area (Å²) >= 11 is 1.45. The molecule has 1 fully saturated rings. The Kier molecular flexibility index (Phi) is 5.43. The van der Waals surface area contributed by atoms with Crippen LogP contribution in [0.15, 0.2) is 11.4 Å². The summed E-state index contributed by atoms with van der Waals surface area (Å²) in [6.07, 6.45) is 4.64. The van der Waals surface area contributed by atoms with Crippen molar-refractivity contribution in [1.82, 2.24) is 4.90 Å². The van der Waals surface area contributed by atoms with Crippen molar-refractivity contribution in [2.24, 2.45) is 11.7 Å². The van der Waals surface area contributed by atoms with Gasteiger partial charge in [-0.15, -0.1) is 11.3 Å². The number of ether oxygens (including phenoxy) is 1. The molecule has 0 spiro atoms. The highest BCUT2D eigenvalue weighted by Crippen LogP contribution is 2.30. The molecule has 2 unspecified atom stereocenters. The topological polar surface area (TPSA) is 55.6 Å². The van der Waals surface area contributed by atoms with Gasteiger partial charge in [-0.05, 0) is 32.2 Å². The van der Waals surface area contributed by atoms with E-state index in [4.69, 9.17) is 10.5 Å². The molecule has 4 nitrogen and oxygen atoms in total. The predicted octanol–water partition coefficient (Wildman–Crippen LogP) is 2.74. The third kappa shape index (κ3) is 3.15. The quantitative estimate of drug-likeness (QED) is 0.909. The van der Waals surface area contributed by atoms with Crippen LogP contribution < -0.4 is 10.5 Å². The van der Waals surface area contributed by atoms with Gasteiger partial charge in [0.2, 0.25) is 0 Å². The Balaban J connectivity index is 2.15. The first kappa shape index (κ1) is 15.3. The second-order valence-corrected chi connectivity index (χ2v) is 6.20. The van der Waals surface area contributed by atoms with Crippen LogP contribution in [0.5, 0.6) is 5.75 Å². The molecule has 1 heterocycles. The van der Waals surface area contributed by atoms with Crippen molar-refractivity contribution >= 4 is 17.2 Å². The van der Waals surface area contributed by atoms with Crippen LogP contribution in [0.3, 0.4) is 0 Å². The molecule has 1 saturated carbocycles. The monoisotopic (exact) mass is 296 g/mol. The van der Waals surface area contributed by atoms with Gasteiger partial charge in [0.1, 0.15) is 5.75 Å². The Hall–Kier alpha value is -1.07.